The van der Waals surface area contributed by atoms with Crippen LogP contribution in [0.15, 0.2) is 0 Å². The zero-order valence-electron chi connectivity index (χ0n) is 12.9. The molecule has 4 atom stereocenters. The molecule has 0 aliphatic heterocycles. The molecule has 2 bridgehead atoms. The first-order valence-corrected chi connectivity index (χ1v) is 7.48. The quantitative estimate of drug-likeness (QED) is 0.800. The number of rotatable bonds is 3. The van der Waals surface area contributed by atoms with Crippen molar-refractivity contribution < 1.29 is 14.6 Å². The van der Waals surface area contributed by atoms with Gasteiger partial charge in [0.05, 0.1) is 18.1 Å². The maximum Gasteiger partial charge on any atom is 0.312 e. The molecule has 3 nitrogen and oxygen atoms in total. The van der Waals surface area contributed by atoms with Crippen molar-refractivity contribution in [2.45, 2.75) is 60.0 Å². The van der Waals surface area contributed by atoms with Crippen molar-refractivity contribution in [3.63, 3.8) is 0 Å². The fraction of sp³-hybridized carbons (Fsp3) is 0.938. The lowest BCUT2D eigenvalue weighted by Gasteiger charge is -2.36. The smallest absolute Gasteiger partial charge is 0.312 e. The summed E-state index contributed by atoms with van der Waals surface area (Å²) in [6, 6.07) is 0. The maximum absolute atomic E-state index is 12.3. The Morgan fingerprint density at radius 3 is 2.16 bits per heavy atom. The highest BCUT2D eigenvalue weighted by atomic mass is 16.5. The van der Waals surface area contributed by atoms with E-state index in [9.17, 15) is 9.90 Å². The molecule has 3 heteroatoms. The van der Waals surface area contributed by atoms with Crippen molar-refractivity contribution in [1.29, 1.82) is 0 Å². The van der Waals surface area contributed by atoms with Gasteiger partial charge in [0.25, 0.3) is 0 Å². The first-order valence-electron chi connectivity index (χ1n) is 7.48. The number of ether oxygens (including phenoxy) is 1. The highest BCUT2D eigenvalue weighted by Crippen LogP contribution is 2.48. The van der Waals surface area contributed by atoms with Crippen LogP contribution in [0, 0.1) is 28.6 Å². The molecule has 2 aliphatic rings. The van der Waals surface area contributed by atoms with Crippen LogP contribution in [-0.2, 0) is 9.53 Å². The van der Waals surface area contributed by atoms with Gasteiger partial charge in [-0.25, -0.2) is 0 Å². The molecule has 110 valence electrons. The molecule has 1 N–H and O–H groups in total. The Hall–Kier alpha value is -0.570. The molecular weight excluding hydrogens is 240 g/mol. The van der Waals surface area contributed by atoms with Gasteiger partial charge in [-0.3, -0.25) is 4.79 Å². The topological polar surface area (TPSA) is 46.5 Å². The van der Waals surface area contributed by atoms with E-state index in [1.165, 1.54) is 0 Å². The number of carbonyl (C=O) groups excluding carboxylic acids is 1. The van der Waals surface area contributed by atoms with Crippen molar-refractivity contribution >= 4 is 5.97 Å². The minimum Gasteiger partial charge on any atom is -0.465 e. The first-order chi connectivity index (χ1) is 8.63. The lowest BCUT2D eigenvalue weighted by atomic mass is 9.69. The lowest BCUT2D eigenvalue weighted by molar-refractivity contribution is -0.162. The molecule has 0 heterocycles. The molecule has 19 heavy (non-hydrogen) atoms. The van der Waals surface area contributed by atoms with E-state index in [1.807, 2.05) is 13.8 Å². The van der Waals surface area contributed by atoms with Crippen LogP contribution < -0.4 is 0 Å². The maximum atomic E-state index is 12.3. The van der Waals surface area contributed by atoms with Crippen LogP contribution in [0.2, 0.25) is 0 Å². The fourth-order valence-electron chi connectivity index (χ4n) is 3.24. The standard InChI is InChI=1S/C16H28O3/c1-15(2,3)16(4,5)14(18)19-9-12-7-11-6-10(12)8-13(11)17/h10-13,17H,6-9H2,1-5H3. The van der Waals surface area contributed by atoms with Crippen molar-refractivity contribution in [3.8, 4) is 0 Å². The molecule has 4 unspecified atom stereocenters. The number of aliphatic hydroxyl groups excluding tert-OH is 1. The van der Waals surface area contributed by atoms with Crippen LogP contribution in [-0.4, -0.2) is 23.8 Å². The Morgan fingerprint density at radius 2 is 1.74 bits per heavy atom. The normalized spacial score (nSPS) is 34.6. The average molecular weight is 268 g/mol. The van der Waals surface area contributed by atoms with Gasteiger partial charge in [-0.2, -0.15) is 0 Å². The summed E-state index contributed by atoms with van der Waals surface area (Å²) in [6.45, 7) is 10.7. The SMILES string of the molecule is CC(C)(C)C(C)(C)C(=O)OCC1CC2CC1CC2O. The second-order valence-corrected chi connectivity index (χ2v) is 8.03. The van der Waals surface area contributed by atoms with Crippen LogP contribution in [0.3, 0.4) is 0 Å². The molecule has 0 aromatic heterocycles. The van der Waals surface area contributed by atoms with Crippen molar-refractivity contribution in [2.24, 2.45) is 28.6 Å². The Balaban J connectivity index is 1.86. The zero-order valence-corrected chi connectivity index (χ0v) is 12.9. The minimum absolute atomic E-state index is 0.0941. The summed E-state index contributed by atoms with van der Waals surface area (Å²) in [5, 5.41) is 9.74. The summed E-state index contributed by atoms with van der Waals surface area (Å²) in [4.78, 5) is 12.3. The number of carbonyl (C=O) groups is 1. The molecule has 2 fully saturated rings. The van der Waals surface area contributed by atoms with Gasteiger partial charge in [0.1, 0.15) is 0 Å². The van der Waals surface area contributed by atoms with Crippen LogP contribution >= 0.6 is 0 Å². The van der Waals surface area contributed by atoms with Crippen LogP contribution in [0.5, 0.6) is 0 Å². The predicted octanol–water partition coefficient (Wildman–Crippen LogP) is 3.01. The van der Waals surface area contributed by atoms with Crippen molar-refractivity contribution in [3.05, 3.63) is 0 Å². The van der Waals surface area contributed by atoms with Gasteiger partial charge >= 0.3 is 5.97 Å². The summed E-state index contributed by atoms with van der Waals surface area (Å²) in [6.07, 6.45) is 2.93. The summed E-state index contributed by atoms with van der Waals surface area (Å²) in [7, 11) is 0. The van der Waals surface area contributed by atoms with Crippen molar-refractivity contribution in [1.82, 2.24) is 0 Å². The van der Waals surface area contributed by atoms with Gasteiger partial charge in [-0.1, -0.05) is 20.8 Å². The molecule has 0 spiro atoms. The number of hydrogen-bond acceptors (Lipinski definition) is 3. The minimum atomic E-state index is -0.468. The third-order valence-electron chi connectivity index (χ3n) is 5.78. The molecule has 0 aromatic rings. The Bertz CT molecular complexity index is 351. The van der Waals surface area contributed by atoms with Crippen molar-refractivity contribution in [2.75, 3.05) is 6.61 Å². The van der Waals surface area contributed by atoms with E-state index in [1.54, 1.807) is 0 Å². The highest BCUT2D eigenvalue weighted by molar-refractivity contribution is 5.76. The number of esters is 1. The number of hydrogen-bond donors (Lipinski definition) is 1. The third-order valence-corrected chi connectivity index (χ3v) is 5.78. The molecule has 2 saturated carbocycles. The molecule has 0 saturated heterocycles. The summed E-state index contributed by atoms with van der Waals surface area (Å²) < 4.78 is 5.58. The fourth-order valence-corrected chi connectivity index (χ4v) is 3.24. The van der Waals surface area contributed by atoms with Gasteiger partial charge in [-0.05, 0) is 56.3 Å². The average Bonchev–Trinajstić information content (AvgIpc) is 2.82. The van der Waals surface area contributed by atoms with Crippen LogP contribution in [0.25, 0.3) is 0 Å². The van der Waals surface area contributed by atoms with Gasteiger partial charge < -0.3 is 9.84 Å². The number of fused-ring (bicyclic) bond motifs is 2. The van der Waals surface area contributed by atoms with Gasteiger partial charge in [0, 0.05) is 0 Å². The monoisotopic (exact) mass is 268 g/mol. The molecular formula is C16H28O3. The predicted molar refractivity (Wildman–Crippen MR) is 74.5 cm³/mol. The molecule has 2 aliphatic carbocycles. The highest BCUT2D eigenvalue weighted by Gasteiger charge is 2.46. The van der Waals surface area contributed by atoms with E-state index < -0.39 is 5.41 Å². The Morgan fingerprint density at radius 1 is 1.11 bits per heavy atom. The van der Waals surface area contributed by atoms with E-state index in [0.29, 0.717) is 24.4 Å². The number of aliphatic hydroxyl groups is 1. The zero-order chi connectivity index (χ0) is 14.4. The third kappa shape index (κ3) is 2.67. The second kappa shape index (κ2) is 4.76. The first kappa shape index (κ1) is 14.8. The Labute approximate surface area is 116 Å². The van der Waals surface area contributed by atoms with Gasteiger partial charge in [0.2, 0.25) is 0 Å². The molecule has 0 radical (unpaired) electrons. The van der Waals surface area contributed by atoms with E-state index >= 15 is 0 Å². The lowest BCUT2D eigenvalue weighted by Crippen LogP contribution is -2.40. The van der Waals surface area contributed by atoms with Gasteiger partial charge in [-0.15, -0.1) is 0 Å². The second-order valence-electron chi connectivity index (χ2n) is 8.03. The Kier molecular flexibility index (Phi) is 3.72. The van der Waals surface area contributed by atoms with Gasteiger partial charge in [0.15, 0.2) is 0 Å². The van der Waals surface area contributed by atoms with Crippen LogP contribution in [0.1, 0.15) is 53.9 Å². The van der Waals surface area contributed by atoms with E-state index in [0.717, 1.165) is 19.3 Å². The largest absolute Gasteiger partial charge is 0.465 e. The summed E-state index contributed by atoms with van der Waals surface area (Å²) in [5.74, 6) is 1.38. The van der Waals surface area contributed by atoms with E-state index in [4.69, 9.17) is 4.74 Å². The summed E-state index contributed by atoms with van der Waals surface area (Å²) >= 11 is 0. The summed E-state index contributed by atoms with van der Waals surface area (Å²) in [5.41, 5.74) is -0.570. The molecule has 0 aromatic carbocycles. The van der Waals surface area contributed by atoms with Crippen LogP contribution in [0.4, 0.5) is 0 Å². The molecule has 0 amide bonds. The molecule has 2 rings (SSSR count). The van der Waals surface area contributed by atoms with E-state index in [2.05, 4.69) is 20.8 Å². The van der Waals surface area contributed by atoms with E-state index in [-0.39, 0.29) is 17.5 Å².